The Kier molecular flexibility index (Phi) is 4.65. The molecule has 1 saturated heterocycles. The standard InChI is InChI=1S/C20H23N3O3/c1-14-5-8-23(9-6-14)19-11-16(4-7-21-19)20(24)22-12-15-2-3-17-18(10-15)26-13-25-17/h2-4,7,10-11,14H,5-6,8-9,12-13H2,1H3,(H,22,24). The summed E-state index contributed by atoms with van der Waals surface area (Å²) in [5.74, 6) is 3.01. The van der Waals surface area contributed by atoms with Gasteiger partial charge in [0.25, 0.3) is 5.91 Å². The number of piperidine rings is 1. The van der Waals surface area contributed by atoms with Crippen molar-refractivity contribution in [3.8, 4) is 11.5 Å². The first kappa shape index (κ1) is 16.7. The van der Waals surface area contributed by atoms with E-state index in [1.807, 2.05) is 24.3 Å². The lowest BCUT2D eigenvalue weighted by Gasteiger charge is -2.31. The van der Waals surface area contributed by atoms with Crippen LogP contribution in [0.4, 0.5) is 5.82 Å². The molecule has 3 heterocycles. The molecular formula is C20H23N3O3. The van der Waals surface area contributed by atoms with Crippen molar-refractivity contribution in [2.24, 2.45) is 5.92 Å². The molecule has 0 radical (unpaired) electrons. The van der Waals surface area contributed by atoms with E-state index >= 15 is 0 Å². The molecule has 1 aromatic heterocycles. The predicted octanol–water partition coefficient (Wildman–Crippen LogP) is 2.98. The van der Waals surface area contributed by atoms with Crippen molar-refractivity contribution in [1.29, 1.82) is 0 Å². The highest BCUT2D eigenvalue weighted by Crippen LogP contribution is 2.32. The average molecular weight is 353 g/mol. The van der Waals surface area contributed by atoms with Gasteiger partial charge in [-0.05, 0) is 48.6 Å². The van der Waals surface area contributed by atoms with Crippen LogP contribution in [0.3, 0.4) is 0 Å². The van der Waals surface area contributed by atoms with Gasteiger partial charge in [-0.15, -0.1) is 0 Å². The SMILES string of the molecule is CC1CCN(c2cc(C(=O)NCc3ccc4c(c3)OCO4)ccn2)CC1. The summed E-state index contributed by atoms with van der Waals surface area (Å²) in [5.41, 5.74) is 1.61. The topological polar surface area (TPSA) is 63.7 Å². The van der Waals surface area contributed by atoms with Crippen LogP contribution in [0.1, 0.15) is 35.7 Å². The summed E-state index contributed by atoms with van der Waals surface area (Å²) in [6.07, 6.45) is 4.05. The number of nitrogens with one attached hydrogen (secondary N) is 1. The van der Waals surface area contributed by atoms with Gasteiger partial charge in [-0.25, -0.2) is 4.98 Å². The van der Waals surface area contributed by atoms with Crippen LogP contribution in [0.15, 0.2) is 36.5 Å². The van der Waals surface area contributed by atoms with Crippen LogP contribution in [0.25, 0.3) is 0 Å². The Morgan fingerprint density at radius 1 is 1.19 bits per heavy atom. The van der Waals surface area contributed by atoms with E-state index in [2.05, 4.69) is 22.1 Å². The van der Waals surface area contributed by atoms with Crippen LogP contribution in [0.5, 0.6) is 11.5 Å². The Labute approximate surface area is 153 Å². The zero-order valence-corrected chi connectivity index (χ0v) is 14.9. The highest BCUT2D eigenvalue weighted by Gasteiger charge is 2.18. The van der Waals surface area contributed by atoms with Gasteiger partial charge in [-0.3, -0.25) is 4.79 Å². The van der Waals surface area contributed by atoms with Gasteiger partial charge in [0.2, 0.25) is 6.79 Å². The van der Waals surface area contributed by atoms with Gasteiger partial charge in [0.15, 0.2) is 11.5 Å². The summed E-state index contributed by atoms with van der Waals surface area (Å²) in [5, 5.41) is 2.96. The first-order valence-electron chi connectivity index (χ1n) is 9.07. The van der Waals surface area contributed by atoms with E-state index in [1.165, 1.54) is 12.8 Å². The number of hydrogen-bond donors (Lipinski definition) is 1. The summed E-state index contributed by atoms with van der Waals surface area (Å²) in [7, 11) is 0. The van der Waals surface area contributed by atoms with E-state index in [9.17, 15) is 4.79 Å². The van der Waals surface area contributed by atoms with Gasteiger partial charge in [-0.2, -0.15) is 0 Å². The number of carbonyl (C=O) groups is 1. The molecule has 2 aromatic rings. The smallest absolute Gasteiger partial charge is 0.251 e. The third-order valence-corrected chi connectivity index (χ3v) is 5.01. The molecule has 1 fully saturated rings. The Balaban J connectivity index is 1.39. The Morgan fingerprint density at radius 3 is 2.85 bits per heavy atom. The lowest BCUT2D eigenvalue weighted by atomic mass is 9.99. The lowest BCUT2D eigenvalue weighted by molar-refractivity contribution is 0.0950. The van der Waals surface area contributed by atoms with Crippen LogP contribution < -0.4 is 19.7 Å². The number of hydrogen-bond acceptors (Lipinski definition) is 5. The van der Waals surface area contributed by atoms with Crippen LogP contribution in [-0.2, 0) is 6.54 Å². The fourth-order valence-electron chi connectivity index (χ4n) is 3.31. The minimum atomic E-state index is -0.100. The van der Waals surface area contributed by atoms with Crippen LogP contribution >= 0.6 is 0 Å². The zero-order valence-electron chi connectivity index (χ0n) is 14.9. The minimum Gasteiger partial charge on any atom is -0.454 e. The number of benzene rings is 1. The van der Waals surface area contributed by atoms with Crippen molar-refractivity contribution in [2.75, 3.05) is 24.8 Å². The van der Waals surface area contributed by atoms with Crippen molar-refractivity contribution in [2.45, 2.75) is 26.3 Å². The number of amides is 1. The van der Waals surface area contributed by atoms with E-state index in [4.69, 9.17) is 9.47 Å². The fraction of sp³-hybridized carbons (Fsp3) is 0.400. The maximum absolute atomic E-state index is 12.5. The first-order chi connectivity index (χ1) is 12.7. The number of aromatic nitrogens is 1. The maximum atomic E-state index is 12.5. The molecule has 0 spiro atoms. The number of anilines is 1. The first-order valence-corrected chi connectivity index (χ1v) is 9.07. The van der Waals surface area contributed by atoms with Crippen molar-refractivity contribution >= 4 is 11.7 Å². The Bertz CT molecular complexity index is 801. The van der Waals surface area contributed by atoms with Crippen molar-refractivity contribution in [1.82, 2.24) is 10.3 Å². The zero-order chi connectivity index (χ0) is 17.9. The van der Waals surface area contributed by atoms with E-state index < -0.39 is 0 Å². The van der Waals surface area contributed by atoms with Gasteiger partial charge in [-0.1, -0.05) is 13.0 Å². The number of fused-ring (bicyclic) bond motifs is 1. The quantitative estimate of drug-likeness (QED) is 0.915. The second-order valence-corrected chi connectivity index (χ2v) is 6.94. The maximum Gasteiger partial charge on any atom is 0.251 e. The summed E-state index contributed by atoms with van der Waals surface area (Å²) in [6, 6.07) is 9.33. The normalized spacial score (nSPS) is 16.6. The van der Waals surface area contributed by atoms with Gasteiger partial charge >= 0.3 is 0 Å². The number of rotatable bonds is 4. The Morgan fingerprint density at radius 2 is 2.00 bits per heavy atom. The molecule has 2 aliphatic heterocycles. The third kappa shape index (κ3) is 3.59. The highest BCUT2D eigenvalue weighted by molar-refractivity contribution is 5.94. The van der Waals surface area contributed by atoms with Crippen LogP contribution in [-0.4, -0.2) is 30.8 Å². The highest BCUT2D eigenvalue weighted by atomic mass is 16.7. The van der Waals surface area contributed by atoms with E-state index in [0.29, 0.717) is 12.1 Å². The lowest BCUT2D eigenvalue weighted by Crippen LogP contribution is -2.33. The molecular weight excluding hydrogens is 330 g/mol. The van der Waals surface area contributed by atoms with E-state index in [0.717, 1.165) is 41.9 Å². The minimum absolute atomic E-state index is 0.100. The molecule has 26 heavy (non-hydrogen) atoms. The molecule has 136 valence electrons. The summed E-state index contributed by atoms with van der Waals surface area (Å²) >= 11 is 0. The molecule has 2 aliphatic rings. The van der Waals surface area contributed by atoms with Gasteiger partial charge in [0, 0.05) is 31.4 Å². The second kappa shape index (κ2) is 7.23. The average Bonchev–Trinajstić information content (AvgIpc) is 3.14. The Hall–Kier alpha value is -2.76. The van der Waals surface area contributed by atoms with Gasteiger partial charge in [0.05, 0.1) is 0 Å². The fourth-order valence-corrected chi connectivity index (χ4v) is 3.31. The predicted molar refractivity (Wildman–Crippen MR) is 98.6 cm³/mol. The number of ether oxygens (including phenoxy) is 2. The second-order valence-electron chi connectivity index (χ2n) is 6.94. The molecule has 0 unspecified atom stereocenters. The monoisotopic (exact) mass is 353 g/mol. The summed E-state index contributed by atoms with van der Waals surface area (Å²) < 4.78 is 10.7. The molecule has 4 rings (SSSR count). The van der Waals surface area contributed by atoms with Crippen molar-refractivity contribution in [3.63, 3.8) is 0 Å². The van der Waals surface area contributed by atoms with Crippen LogP contribution in [0, 0.1) is 5.92 Å². The molecule has 0 atom stereocenters. The molecule has 0 aliphatic carbocycles. The molecule has 1 amide bonds. The third-order valence-electron chi connectivity index (χ3n) is 5.01. The van der Waals surface area contributed by atoms with Gasteiger partial charge < -0.3 is 19.7 Å². The molecule has 6 nitrogen and oxygen atoms in total. The number of nitrogens with zero attached hydrogens (tertiary/aromatic N) is 2. The van der Waals surface area contributed by atoms with Crippen molar-refractivity contribution < 1.29 is 14.3 Å². The largest absolute Gasteiger partial charge is 0.454 e. The number of carbonyl (C=O) groups excluding carboxylic acids is 1. The molecule has 1 N–H and O–H groups in total. The molecule has 6 heteroatoms. The number of pyridine rings is 1. The van der Waals surface area contributed by atoms with Crippen LogP contribution in [0.2, 0.25) is 0 Å². The molecule has 1 aromatic carbocycles. The van der Waals surface area contributed by atoms with E-state index in [-0.39, 0.29) is 12.7 Å². The van der Waals surface area contributed by atoms with E-state index in [1.54, 1.807) is 12.3 Å². The summed E-state index contributed by atoms with van der Waals surface area (Å²) in [4.78, 5) is 19.2. The van der Waals surface area contributed by atoms with Crippen molar-refractivity contribution in [3.05, 3.63) is 47.7 Å². The molecule has 0 saturated carbocycles. The summed E-state index contributed by atoms with van der Waals surface area (Å²) in [6.45, 7) is 4.96. The molecule has 0 bridgehead atoms. The van der Waals surface area contributed by atoms with Gasteiger partial charge in [0.1, 0.15) is 5.82 Å².